The predicted molar refractivity (Wildman–Crippen MR) is 72.9 cm³/mol. The summed E-state index contributed by atoms with van der Waals surface area (Å²) in [6.07, 6.45) is 7.15. The van der Waals surface area contributed by atoms with Crippen LogP contribution in [-0.4, -0.2) is 33.0 Å². The second-order valence-corrected chi connectivity index (χ2v) is 5.86. The number of rotatable bonds is 6. The van der Waals surface area contributed by atoms with Gasteiger partial charge in [-0.2, -0.15) is 0 Å². The average Bonchev–Trinajstić information content (AvgIpc) is 2.71. The van der Waals surface area contributed by atoms with Crippen LogP contribution in [0.1, 0.15) is 26.5 Å². The van der Waals surface area contributed by atoms with Crippen molar-refractivity contribution < 1.29 is 0 Å². The lowest BCUT2D eigenvalue weighted by Gasteiger charge is -2.17. The van der Waals surface area contributed by atoms with Gasteiger partial charge in [-0.1, -0.05) is 11.1 Å². The van der Waals surface area contributed by atoms with Gasteiger partial charge in [0.1, 0.15) is 0 Å². The third kappa shape index (κ3) is 5.24. The zero-order valence-corrected chi connectivity index (χ0v) is 11.5. The van der Waals surface area contributed by atoms with Crippen LogP contribution in [-0.2, 0) is 12.1 Å². The average molecular weight is 252 g/mol. The molecule has 5 heteroatoms. The zero-order chi connectivity index (χ0) is 12.7. The summed E-state index contributed by atoms with van der Waals surface area (Å²) >= 11 is 1.76. The standard InChI is InChI=1S/C12H20N4S/c1-5-7-17-8-6-13-9-11-10-16(15-14-11)12(2,3)4/h1,10,13H,6-9H2,2-4H3. The van der Waals surface area contributed by atoms with Gasteiger partial charge in [0.05, 0.1) is 23.2 Å². The van der Waals surface area contributed by atoms with Crippen LogP contribution >= 0.6 is 11.8 Å². The minimum atomic E-state index is -0.00605. The number of nitrogens with zero attached hydrogens (tertiary/aromatic N) is 3. The third-order valence-corrected chi connectivity index (χ3v) is 3.01. The van der Waals surface area contributed by atoms with E-state index in [4.69, 9.17) is 6.42 Å². The van der Waals surface area contributed by atoms with Crippen molar-refractivity contribution in [2.24, 2.45) is 0 Å². The molecule has 1 rings (SSSR count). The minimum absolute atomic E-state index is 0.00605. The fraction of sp³-hybridized carbons (Fsp3) is 0.667. The van der Waals surface area contributed by atoms with Crippen molar-refractivity contribution in [2.45, 2.75) is 32.9 Å². The number of hydrogen-bond acceptors (Lipinski definition) is 4. The molecule has 1 N–H and O–H groups in total. The summed E-state index contributed by atoms with van der Waals surface area (Å²) in [5.41, 5.74) is 0.968. The number of thioether (sulfide) groups is 1. The molecule has 0 aliphatic rings. The summed E-state index contributed by atoms with van der Waals surface area (Å²) in [4.78, 5) is 0. The van der Waals surface area contributed by atoms with Crippen LogP contribution in [0.25, 0.3) is 0 Å². The van der Waals surface area contributed by atoms with Gasteiger partial charge >= 0.3 is 0 Å². The molecule has 0 atom stereocenters. The van der Waals surface area contributed by atoms with Crippen molar-refractivity contribution >= 4 is 11.8 Å². The summed E-state index contributed by atoms with van der Waals surface area (Å²) < 4.78 is 1.89. The molecule has 17 heavy (non-hydrogen) atoms. The van der Waals surface area contributed by atoms with E-state index in [1.54, 1.807) is 11.8 Å². The van der Waals surface area contributed by atoms with E-state index in [0.29, 0.717) is 0 Å². The molecule has 0 amide bonds. The normalized spacial score (nSPS) is 11.4. The first kappa shape index (κ1) is 14.1. The first-order chi connectivity index (χ1) is 8.04. The van der Waals surface area contributed by atoms with Gasteiger partial charge in [-0.15, -0.1) is 23.3 Å². The Balaban J connectivity index is 2.24. The largest absolute Gasteiger partial charge is 0.310 e. The van der Waals surface area contributed by atoms with E-state index < -0.39 is 0 Å². The highest BCUT2D eigenvalue weighted by molar-refractivity contribution is 7.99. The number of aromatic nitrogens is 3. The minimum Gasteiger partial charge on any atom is -0.310 e. The molecule has 0 saturated carbocycles. The second kappa shape index (κ2) is 6.67. The maximum absolute atomic E-state index is 5.17. The first-order valence-electron chi connectivity index (χ1n) is 5.67. The number of nitrogens with one attached hydrogen (secondary N) is 1. The van der Waals surface area contributed by atoms with E-state index in [1.807, 2.05) is 10.9 Å². The zero-order valence-electron chi connectivity index (χ0n) is 10.7. The van der Waals surface area contributed by atoms with Crippen molar-refractivity contribution in [2.75, 3.05) is 18.1 Å². The maximum Gasteiger partial charge on any atom is 0.0965 e. The molecule has 1 heterocycles. The van der Waals surface area contributed by atoms with E-state index in [2.05, 4.69) is 42.3 Å². The SMILES string of the molecule is C#CCSCCNCc1cn(C(C)(C)C)nn1. The summed E-state index contributed by atoms with van der Waals surface area (Å²) in [5.74, 6) is 4.41. The lowest BCUT2D eigenvalue weighted by molar-refractivity contribution is 0.347. The molecule has 0 aliphatic carbocycles. The molecule has 0 aliphatic heterocycles. The van der Waals surface area contributed by atoms with Crippen LogP contribution in [0.2, 0.25) is 0 Å². The van der Waals surface area contributed by atoms with Gasteiger partial charge in [-0.05, 0) is 20.8 Å². The molecule has 0 saturated heterocycles. The van der Waals surface area contributed by atoms with E-state index >= 15 is 0 Å². The molecule has 0 radical (unpaired) electrons. The third-order valence-electron chi connectivity index (χ3n) is 2.14. The topological polar surface area (TPSA) is 42.7 Å². The Labute approximate surface area is 108 Å². The Morgan fingerprint density at radius 1 is 1.53 bits per heavy atom. The van der Waals surface area contributed by atoms with E-state index in [-0.39, 0.29) is 5.54 Å². The van der Waals surface area contributed by atoms with Crippen LogP contribution in [0.4, 0.5) is 0 Å². The second-order valence-electron chi connectivity index (χ2n) is 4.76. The highest BCUT2D eigenvalue weighted by Crippen LogP contribution is 2.11. The highest BCUT2D eigenvalue weighted by atomic mass is 32.2. The highest BCUT2D eigenvalue weighted by Gasteiger charge is 2.14. The fourth-order valence-electron chi connectivity index (χ4n) is 1.20. The molecule has 0 unspecified atom stereocenters. The number of terminal acetylenes is 1. The van der Waals surface area contributed by atoms with Gasteiger partial charge < -0.3 is 5.32 Å². The molecule has 1 aromatic rings. The summed E-state index contributed by atoms with van der Waals surface area (Å²) in [5, 5.41) is 11.6. The maximum atomic E-state index is 5.17. The molecule has 0 aromatic carbocycles. The Bertz CT molecular complexity index is 373. The molecule has 0 bridgehead atoms. The lowest BCUT2D eigenvalue weighted by Crippen LogP contribution is -2.22. The molecular formula is C12H20N4S. The van der Waals surface area contributed by atoms with Crippen molar-refractivity contribution in [1.82, 2.24) is 20.3 Å². The van der Waals surface area contributed by atoms with Gasteiger partial charge in [-0.3, -0.25) is 0 Å². The summed E-state index contributed by atoms with van der Waals surface area (Å²) in [6, 6.07) is 0. The molecule has 0 spiro atoms. The van der Waals surface area contributed by atoms with Gasteiger partial charge in [0, 0.05) is 18.8 Å². The van der Waals surface area contributed by atoms with Crippen LogP contribution in [0, 0.1) is 12.3 Å². The Morgan fingerprint density at radius 3 is 2.88 bits per heavy atom. The van der Waals surface area contributed by atoms with Crippen molar-refractivity contribution in [3.8, 4) is 12.3 Å². The fourth-order valence-corrected chi connectivity index (χ4v) is 1.75. The van der Waals surface area contributed by atoms with Crippen LogP contribution in [0.3, 0.4) is 0 Å². The van der Waals surface area contributed by atoms with Gasteiger partial charge in [0.2, 0.25) is 0 Å². The van der Waals surface area contributed by atoms with Crippen LogP contribution < -0.4 is 5.32 Å². The van der Waals surface area contributed by atoms with E-state index in [9.17, 15) is 0 Å². The predicted octanol–water partition coefficient (Wildman–Crippen LogP) is 1.49. The van der Waals surface area contributed by atoms with Crippen molar-refractivity contribution in [3.63, 3.8) is 0 Å². The molecular weight excluding hydrogens is 232 g/mol. The van der Waals surface area contributed by atoms with E-state index in [1.165, 1.54) is 0 Å². The Hall–Kier alpha value is -0.990. The van der Waals surface area contributed by atoms with E-state index in [0.717, 1.165) is 30.3 Å². The van der Waals surface area contributed by atoms with Gasteiger partial charge in [-0.25, -0.2) is 4.68 Å². The molecule has 94 valence electrons. The molecule has 4 nitrogen and oxygen atoms in total. The first-order valence-corrected chi connectivity index (χ1v) is 6.83. The quantitative estimate of drug-likeness (QED) is 0.615. The van der Waals surface area contributed by atoms with Crippen LogP contribution in [0.5, 0.6) is 0 Å². The smallest absolute Gasteiger partial charge is 0.0965 e. The van der Waals surface area contributed by atoms with Crippen molar-refractivity contribution in [3.05, 3.63) is 11.9 Å². The summed E-state index contributed by atoms with van der Waals surface area (Å²) in [6.45, 7) is 8.02. The number of hydrogen-bond donors (Lipinski definition) is 1. The Kier molecular flexibility index (Phi) is 5.52. The monoisotopic (exact) mass is 252 g/mol. The van der Waals surface area contributed by atoms with Gasteiger partial charge in [0.25, 0.3) is 0 Å². The lowest BCUT2D eigenvalue weighted by atomic mass is 10.1. The summed E-state index contributed by atoms with van der Waals surface area (Å²) in [7, 11) is 0. The molecule has 0 fully saturated rings. The molecule has 1 aromatic heterocycles. The van der Waals surface area contributed by atoms with Gasteiger partial charge in [0.15, 0.2) is 0 Å². The Morgan fingerprint density at radius 2 is 2.29 bits per heavy atom. The van der Waals surface area contributed by atoms with Crippen LogP contribution in [0.15, 0.2) is 6.20 Å². The van der Waals surface area contributed by atoms with Crippen molar-refractivity contribution in [1.29, 1.82) is 0 Å².